The molecule has 1 aromatic heterocycles. The van der Waals surface area contributed by atoms with E-state index in [9.17, 15) is 0 Å². The van der Waals surface area contributed by atoms with Crippen LogP contribution < -0.4 is 5.32 Å². The summed E-state index contributed by atoms with van der Waals surface area (Å²) in [4.78, 5) is 2.96. The van der Waals surface area contributed by atoms with Gasteiger partial charge in [-0.25, -0.2) is 0 Å². The number of methoxy groups -OCH3 is 1. The second kappa shape index (κ2) is 6.98. The van der Waals surface area contributed by atoms with Crippen LogP contribution in [0.5, 0.6) is 0 Å². The number of ether oxygens (including phenoxy) is 1. The van der Waals surface area contributed by atoms with Gasteiger partial charge in [-0.15, -0.1) is 11.3 Å². The zero-order chi connectivity index (χ0) is 10.2. The molecule has 80 valence electrons. The Morgan fingerprint density at radius 3 is 2.71 bits per heavy atom. The molecule has 1 N–H and O–H groups in total. The summed E-state index contributed by atoms with van der Waals surface area (Å²) in [5, 5.41) is 3.34. The van der Waals surface area contributed by atoms with Crippen molar-refractivity contribution in [2.24, 2.45) is 0 Å². The first-order valence-electron chi connectivity index (χ1n) is 5.14. The van der Waals surface area contributed by atoms with Crippen LogP contribution in [0, 0.1) is 0 Å². The van der Waals surface area contributed by atoms with E-state index in [-0.39, 0.29) is 0 Å². The maximum Gasteiger partial charge on any atom is 0.0587 e. The quantitative estimate of drug-likeness (QED) is 0.700. The van der Waals surface area contributed by atoms with Gasteiger partial charge in [0.05, 0.1) is 6.61 Å². The fourth-order valence-electron chi connectivity index (χ4n) is 1.26. The summed E-state index contributed by atoms with van der Waals surface area (Å²) in [6.45, 7) is 4.99. The predicted octanol–water partition coefficient (Wildman–Crippen LogP) is 2.09. The molecule has 0 amide bonds. The lowest BCUT2D eigenvalue weighted by Gasteiger charge is -2.01. The Balaban J connectivity index is 2.12. The molecule has 0 atom stereocenters. The zero-order valence-corrected chi connectivity index (χ0v) is 9.82. The molecule has 0 spiro atoms. The van der Waals surface area contributed by atoms with E-state index < -0.39 is 0 Å². The molecular weight excluding hydrogens is 194 g/mol. The van der Waals surface area contributed by atoms with Crippen molar-refractivity contribution in [3.8, 4) is 0 Å². The SMILES string of the molecule is CCc1ccc(CCNCCOC)s1. The van der Waals surface area contributed by atoms with Crippen LogP contribution in [0.25, 0.3) is 0 Å². The summed E-state index contributed by atoms with van der Waals surface area (Å²) in [7, 11) is 1.73. The van der Waals surface area contributed by atoms with Crippen molar-refractivity contribution in [3.63, 3.8) is 0 Å². The topological polar surface area (TPSA) is 21.3 Å². The molecular formula is C11H19NOS. The second-order valence-corrected chi connectivity index (χ2v) is 4.47. The molecule has 0 radical (unpaired) electrons. The normalized spacial score (nSPS) is 10.7. The maximum absolute atomic E-state index is 4.96. The van der Waals surface area contributed by atoms with Crippen LogP contribution >= 0.6 is 11.3 Å². The maximum atomic E-state index is 4.96. The lowest BCUT2D eigenvalue weighted by atomic mass is 10.3. The van der Waals surface area contributed by atoms with E-state index in [0.29, 0.717) is 0 Å². The van der Waals surface area contributed by atoms with Gasteiger partial charge < -0.3 is 10.1 Å². The Morgan fingerprint density at radius 2 is 2.07 bits per heavy atom. The van der Waals surface area contributed by atoms with E-state index in [2.05, 4.69) is 24.4 Å². The van der Waals surface area contributed by atoms with E-state index in [1.807, 2.05) is 11.3 Å². The predicted molar refractivity (Wildman–Crippen MR) is 62.1 cm³/mol. The number of thiophene rings is 1. The van der Waals surface area contributed by atoms with Crippen LogP contribution in [-0.4, -0.2) is 26.8 Å². The summed E-state index contributed by atoms with van der Waals surface area (Å²) < 4.78 is 4.96. The zero-order valence-electron chi connectivity index (χ0n) is 9.01. The molecule has 0 saturated carbocycles. The van der Waals surface area contributed by atoms with Crippen molar-refractivity contribution in [2.45, 2.75) is 19.8 Å². The van der Waals surface area contributed by atoms with Gasteiger partial charge in [-0.2, -0.15) is 0 Å². The van der Waals surface area contributed by atoms with Crippen molar-refractivity contribution in [3.05, 3.63) is 21.9 Å². The lowest BCUT2D eigenvalue weighted by molar-refractivity contribution is 0.199. The average molecular weight is 213 g/mol. The molecule has 0 aromatic carbocycles. The fourth-order valence-corrected chi connectivity index (χ4v) is 2.21. The molecule has 1 rings (SSSR count). The number of hydrogen-bond donors (Lipinski definition) is 1. The first-order valence-corrected chi connectivity index (χ1v) is 5.95. The van der Waals surface area contributed by atoms with Gasteiger partial charge in [0, 0.05) is 30.0 Å². The summed E-state index contributed by atoms with van der Waals surface area (Å²) in [5.74, 6) is 0. The summed E-state index contributed by atoms with van der Waals surface area (Å²) in [6.07, 6.45) is 2.29. The first-order chi connectivity index (χ1) is 6.86. The average Bonchev–Trinajstić information content (AvgIpc) is 2.65. The summed E-state index contributed by atoms with van der Waals surface area (Å²) in [5.41, 5.74) is 0. The largest absolute Gasteiger partial charge is 0.383 e. The number of hydrogen-bond acceptors (Lipinski definition) is 3. The summed E-state index contributed by atoms with van der Waals surface area (Å²) in [6, 6.07) is 4.47. The highest BCUT2D eigenvalue weighted by atomic mass is 32.1. The third-order valence-corrected chi connectivity index (χ3v) is 3.39. The van der Waals surface area contributed by atoms with Crippen LogP contribution in [-0.2, 0) is 17.6 Å². The number of rotatable bonds is 7. The smallest absolute Gasteiger partial charge is 0.0587 e. The monoisotopic (exact) mass is 213 g/mol. The Kier molecular flexibility index (Phi) is 5.83. The molecule has 0 saturated heterocycles. The van der Waals surface area contributed by atoms with Crippen molar-refractivity contribution in [1.82, 2.24) is 5.32 Å². The van der Waals surface area contributed by atoms with Crippen molar-refractivity contribution < 1.29 is 4.74 Å². The second-order valence-electron chi connectivity index (χ2n) is 3.21. The number of nitrogens with one attached hydrogen (secondary N) is 1. The minimum atomic E-state index is 0.796. The van der Waals surface area contributed by atoms with Crippen molar-refractivity contribution in [1.29, 1.82) is 0 Å². The van der Waals surface area contributed by atoms with E-state index in [4.69, 9.17) is 4.74 Å². The van der Waals surface area contributed by atoms with Gasteiger partial charge in [-0.3, -0.25) is 0 Å². The van der Waals surface area contributed by atoms with Gasteiger partial charge in [-0.05, 0) is 25.0 Å². The van der Waals surface area contributed by atoms with Crippen molar-refractivity contribution in [2.75, 3.05) is 26.8 Å². The number of aryl methyl sites for hydroxylation is 1. The van der Waals surface area contributed by atoms with E-state index in [1.54, 1.807) is 7.11 Å². The van der Waals surface area contributed by atoms with E-state index in [1.165, 1.54) is 9.75 Å². The molecule has 2 nitrogen and oxygen atoms in total. The lowest BCUT2D eigenvalue weighted by Crippen LogP contribution is -2.21. The molecule has 14 heavy (non-hydrogen) atoms. The molecule has 0 bridgehead atoms. The molecule has 0 unspecified atom stereocenters. The molecule has 0 aliphatic rings. The molecule has 0 aliphatic heterocycles. The van der Waals surface area contributed by atoms with Crippen LogP contribution in [0.15, 0.2) is 12.1 Å². The molecule has 1 aromatic rings. The van der Waals surface area contributed by atoms with E-state index in [0.717, 1.165) is 32.5 Å². The van der Waals surface area contributed by atoms with Gasteiger partial charge in [-0.1, -0.05) is 6.92 Å². The fraction of sp³-hybridized carbons (Fsp3) is 0.636. The van der Waals surface area contributed by atoms with Crippen LogP contribution in [0.2, 0.25) is 0 Å². The van der Waals surface area contributed by atoms with Gasteiger partial charge in [0.15, 0.2) is 0 Å². The summed E-state index contributed by atoms with van der Waals surface area (Å²) >= 11 is 1.93. The molecule has 0 aliphatic carbocycles. The van der Waals surface area contributed by atoms with Gasteiger partial charge in [0.25, 0.3) is 0 Å². The minimum Gasteiger partial charge on any atom is -0.383 e. The third kappa shape index (κ3) is 4.22. The molecule has 3 heteroatoms. The van der Waals surface area contributed by atoms with Crippen LogP contribution in [0.1, 0.15) is 16.7 Å². The highest BCUT2D eigenvalue weighted by Gasteiger charge is 1.97. The Morgan fingerprint density at radius 1 is 1.29 bits per heavy atom. The van der Waals surface area contributed by atoms with Gasteiger partial charge in [0.2, 0.25) is 0 Å². The van der Waals surface area contributed by atoms with E-state index >= 15 is 0 Å². The Bertz CT molecular complexity index is 247. The highest BCUT2D eigenvalue weighted by Crippen LogP contribution is 2.16. The molecule has 1 heterocycles. The Labute approximate surface area is 90.3 Å². The first kappa shape index (κ1) is 11.7. The van der Waals surface area contributed by atoms with Crippen LogP contribution in [0.4, 0.5) is 0 Å². The van der Waals surface area contributed by atoms with Crippen molar-refractivity contribution >= 4 is 11.3 Å². The third-order valence-electron chi connectivity index (χ3n) is 2.10. The highest BCUT2D eigenvalue weighted by molar-refractivity contribution is 7.11. The molecule has 0 fully saturated rings. The Hall–Kier alpha value is -0.380. The van der Waals surface area contributed by atoms with Crippen LogP contribution in [0.3, 0.4) is 0 Å². The van der Waals surface area contributed by atoms with Gasteiger partial charge in [0.1, 0.15) is 0 Å². The van der Waals surface area contributed by atoms with Gasteiger partial charge >= 0.3 is 0 Å². The standard InChI is InChI=1S/C11H19NOS/c1-3-10-4-5-11(14-10)6-7-12-8-9-13-2/h4-5,12H,3,6-9H2,1-2H3. The minimum absolute atomic E-state index is 0.796.